The van der Waals surface area contributed by atoms with E-state index in [0.29, 0.717) is 41.2 Å². The number of nitrogens with one attached hydrogen (secondary N) is 1. The maximum atomic E-state index is 12.9. The fraction of sp³-hybridized carbons (Fsp3) is 0.417. The summed E-state index contributed by atoms with van der Waals surface area (Å²) in [5, 5.41) is 2.98. The molecule has 1 atom stereocenters. The molecule has 2 aromatic rings. The number of benzene rings is 1. The molecule has 1 aliphatic carbocycles. The summed E-state index contributed by atoms with van der Waals surface area (Å²) in [4.78, 5) is 25.6. The smallest absolute Gasteiger partial charge is 0.221 e. The fourth-order valence-electron chi connectivity index (χ4n) is 4.17. The van der Waals surface area contributed by atoms with Crippen LogP contribution in [0.1, 0.15) is 30.0 Å². The van der Waals surface area contributed by atoms with Crippen LogP contribution in [0.5, 0.6) is 23.0 Å². The van der Waals surface area contributed by atoms with E-state index in [-0.39, 0.29) is 29.3 Å². The molecule has 11 heteroatoms. The molecule has 1 amide bonds. The molecule has 0 saturated carbocycles. The summed E-state index contributed by atoms with van der Waals surface area (Å²) in [6, 6.07) is 6.20. The van der Waals surface area contributed by atoms with E-state index in [4.69, 9.17) is 18.9 Å². The predicted octanol–water partition coefficient (Wildman–Crippen LogP) is 2.93. The monoisotopic (exact) mass is 523 g/mol. The van der Waals surface area contributed by atoms with Gasteiger partial charge in [-0.2, -0.15) is 0 Å². The van der Waals surface area contributed by atoms with E-state index in [0.717, 1.165) is 28.2 Å². The lowest BCUT2D eigenvalue weighted by atomic mass is 9.95. The number of methoxy groups -OCH3 is 4. The van der Waals surface area contributed by atoms with Gasteiger partial charge in [0.15, 0.2) is 26.1 Å². The Kier molecular flexibility index (Phi) is 8.55. The van der Waals surface area contributed by atoms with Crippen LogP contribution in [0.2, 0.25) is 0 Å². The lowest BCUT2D eigenvalue weighted by molar-refractivity contribution is -0.121. The van der Waals surface area contributed by atoms with Gasteiger partial charge >= 0.3 is 0 Å². The molecule has 0 fully saturated rings. The summed E-state index contributed by atoms with van der Waals surface area (Å²) in [7, 11) is 3.49. The van der Waals surface area contributed by atoms with Gasteiger partial charge in [-0.25, -0.2) is 8.42 Å². The largest absolute Gasteiger partial charge is 0.493 e. The number of ether oxygens (including phenoxy) is 4. The summed E-state index contributed by atoms with van der Waals surface area (Å²) in [5.41, 5.74) is 2.60. The fourth-order valence-corrected chi connectivity index (χ4v) is 5.90. The molecular formula is C24H29NO8S2. The molecule has 0 bridgehead atoms. The molecular weight excluding hydrogens is 494 g/mol. The first-order valence-electron chi connectivity index (χ1n) is 10.8. The summed E-state index contributed by atoms with van der Waals surface area (Å²) in [6.45, 7) is 0. The molecule has 9 nitrogen and oxygen atoms in total. The summed E-state index contributed by atoms with van der Waals surface area (Å²) >= 11 is 0. The lowest BCUT2D eigenvalue weighted by Gasteiger charge is -2.20. The van der Waals surface area contributed by atoms with Gasteiger partial charge in [-0.15, -0.1) is 0 Å². The van der Waals surface area contributed by atoms with E-state index in [1.54, 1.807) is 19.2 Å². The second kappa shape index (κ2) is 11.2. The third kappa shape index (κ3) is 6.02. The van der Waals surface area contributed by atoms with Crippen molar-refractivity contribution in [3.05, 3.63) is 45.6 Å². The number of carbonyl (C=O) groups is 1. The van der Waals surface area contributed by atoms with Gasteiger partial charge in [0.25, 0.3) is 0 Å². The van der Waals surface area contributed by atoms with E-state index >= 15 is 0 Å². The Balaban J connectivity index is 2.15. The number of carbonyl (C=O) groups excluding carboxylic acids is 1. The molecule has 1 aliphatic rings. The molecule has 1 N–H and O–H groups in total. The molecule has 0 aliphatic heterocycles. The molecule has 2 aromatic carbocycles. The third-order valence-electron chi connectivity index (χ3n) is 5.68. The number of aryl methyl sites for hydroxylation is 1. The van der Waals surface area contributed by atoms with Crippen molar-refractivity contribution in [2.45, 2.75) is 25.3 Å². The topological polar surface area (TPSA) is 117 Å². The van der Waals surface area contributed by atoms with E-state index in [1.807, 2.05) is 6.07 Å². The van der Waals surface area contributed by atoms with Gasteiger partial charge in [0.2, 0.25) is 17.1 Å². The van der Waals surface area contributed by atoms with Crippen molar-refractivity contribution in [1.29, 1.82) is 0 Å². The van der Waals surface area contributed by atoms with E-state index in [9.17, 15) is 18.0 Å². The number of amides is 1. The van der Waals surface area contributed by atoms with Gasteiger partial charge in [-0.1, -0.05) is 6.07 Å². The van der Waals surface area contributed by atoms with Crippen LogP contribution in [-0.4, -0.2) is 54.8 Å². The van der Waals surface area contributed by atoms with Gasteiger partial charge in [0.1, 0.15) is 0 Å². The van der Waals surface area contributed by atoms with Crippen molar-refractivity contribution in [2.75, 3.05) is 40.4 Å². The van der Waals surface area contributed by atoms with Crippen molar-refractivity contribution in [2.24, 2.45) is 0 Å². The highest BCUT2D eigenvalue weighted by molar-refractivity contribution is 8.71. The van der Waals surface area contributed by atoms with Crippen LogP contribution < -0.4 is 29.7 Å². The molecule has 0 spiro atoms. The van der Waals surface area contributed by atoms with E-state index in [1.165, 1.54) is 27.4 Å². The Labute approximate surface area is 208 Å². The van der Waals surface area contributed by atoms with Gasteiger partial charge in [0, 0.05) is 24.0 Å². The minimum atomic E-state index is -3.24. The number of rotatable bonds is 9. The first kappa shape index (κ1) is 26.7. The van der Waals surface area contributed by atoms with Crippen molar-refractivity contribution < 1.29 is 32.2 Å². The number of hydrogen-bond acceptors (Lipinski definition) is 9. The number of hydrogen-bond donors (Lipinski definition) is 1. The van der Waals surface area contributed by atoms with Crippen LogP contribution in [0.4, 0.5) is 0 Å². The molecule has 0 heterocycles. The summed E-state index contributed by atoms with van der Waals surface area (Å²) < 4.78 is 44.9. The quantitative estimate of drug-likeness (QED) is 0.495. The lowest BCUT2D eigenvalue weighted by Crippen LogP contribution is -2.29. The Hall–Kier alpha value is -2.92. The predicted molar refractivity (Wildman–Crippen MR) is 135 cm³/mol. The van der Waals surface area contributed by atoms with Crippen LogP contribution in [0.3, 0.4) is 0 Å². The minimum absolute atomic E-state index is 0.0218. The minimum Gasteiger partial charge on any atom is -0.493 e. The van der Waals surface area contributed by atoms with Crippen LogP contribution in [0.25, 0.3) is 11.1 Å². The molecule has 0 aromatic heterocycles. The van der Waals surface area contributed by atoms with E-state index < -0.39 is 14.9 Å². The van der Waals surface area contributed by atoms with Gasteiger partial charge in [-0.3, -0.25) is 9.59 Å². The van der Waals surface area contributed by atoms with Crippen LogP contribution >= 0.6 is 10.8 Å². The second-order valence-electron chi connectivity index (χ2n) is 7.89. The molecule has 0 saturated heterocycles. The average molecular weight is 524 g/mol. The molecule has 0 radical (unpaired) electrons. The Morgan fingerprint density at radius 2 is 1.71 bits per heavy atom. The summed E-state index contributed by atoms with van der Waals surface area (Å²) in [5.74, 6) is 1.37. The van der Waals surface area contributed by atoms with Gasteiger partial charge in [0.05, 0.1) is 34.5 Å². The maximum Gasteiger partial charge on any atom is 0.221 e. The highest BCUT2D eigenvalue weighted by Crippen LogP contribution is 2.50. The van der Waals surface area contributed by atoms with Crippen LogP contribution in [0, 0.1) is 0 Å². The van der Waals surface area contributed by atoms with Crippen LogP contribution in [0.15, 0.2) is 29.1 Å². The van der Waals surface area contributed by atoms with E-state index in [2.05, 4.69) is 5.32 Å². The molecule has 35 heavy (non-hydrogen) atoms. The Morgan fingerprint density at radius 1 is 1.03 bits per heavy atom. The average Bonchev–Trinajstić information content (AvgIpc) is 3.05. The van der Waals surface area contributed by atoms with Gasteiger partial charge < -0.3 is 24.3 Å². The third-order valence-corrected chi connectivity index (χ3v) is 8.27. The van der Waals surface area contributed by atoms with Crippen molar-refractivity contribution in [1.82, 2.24) is 5.32 Å². The van der Waals surface area contributed by atoms with Crippen molar-refractivity contribution in [3.63, 3.8) is 0 Å². The highest BCUT2D eigenvalue weighted by atomic mass is 33.1. The first-order chi connectivity index (χ1) is 16.6. The molecule has 190 valence electrons. The van der Waals surface area contributed by atoms with Gasteiger partial charge in [-0.05, 0) is 58.5 Å². The molecule has 1 unspecified atom stereocenters. The zero-order chi connectivity index (χ0) is 25.8. The SMILES string of the molecule is COc1cc2c(c(OC)c1OC)-c1ccc(OC)c(=O)cc1C(NC(=O)CCSS(C)(=O)=O)CC2. The Morgan fingerprint density at radius 3 is 2.31 bits per heavy atom. The van der Waals surface area contributed by atoms with Crippen molar-refractivity contribution >= 4 is 25.6 Å². The maximum absolute atomic E-state index is 12.9. The van der Waals surface area contributed by atoms with Crippen molar-refractivity contribution in [3.8, 4) is 34.1 Å². The summed E-state index contributed by atoms with van der Waals surface area (Å²) in [6.07, 6.45) is 2.18. The number of fused-ring (bicyclic) bond motifs is 3. The van der Waals surface area contributed by atoms with Crippen LogP contribution in [-0.2, 0) is 20.1 Å². The first-order valence-corrected chi connectivity index (χ1v) is 14.2. The second-order valence-corrected chi connectivity index (χ2v) is 12.5. The Bertz CT molecular complexity index is 1280. The standard InChI is InChI=1S/C24H29NO8S2/c1-30-19-9-7-15-16(13-18(19)26)17(25-21(27)10-11-34-35(5,28)29)8-6-14-12-20(31-2)23(32-3)24(33-4)22(14)15/h7,9,12-13,17H,6,8,10-11H2,1-5H3,(H,25,27). The normalized spacial score (nSPS) is 14.7. The zero-order valence-electron chi connectivity index (χ0n) is 20.3. The molecule has 3 rings (SSSR count). The highest BCUT2D eigenvalue weighted by Gasteiger charge is 2.29. The zero-order valence-corrected chi connectivity index (χ0v) is 21.9.